The van der Waals surface area contributed by atoms with E-state index in [2.05, 4.69) is 20.7 Å². The number of nitrogens with one attached hydrogen (secondary N) is 1. The minimum atomic E-state index is -3.83. The van der Waals surface area contributed by atoms with Gasteiger partial charge in [0.15, 0.2) is 0 Å². The van der Waals surface area contributed by atoms with E-state index in [1.54, 1.807) is 0 Å². The second kappa shape index (κ2) is 5.86. The van der Waals surface area contributed by atoms with Gasteiger partial charge in [-0.05, 0) is 19.1 Å². The lowest BCUT2D eigenvalue weighted by atomic mass is 10.4. The second-order valence-electron chi connectivity index (χ2n) is 3.40. The average molecular weight is 363 g/mol. The molecule has 0 unspecified atom stereocenters. The maximum absolute atomic E-state index is 11.9. The largest absolute Gasteiger partial charge is 0.392 e. The molecule has 0 bridgehead atoms. The number of hydrogen-bond donors (Lipinski definition) is 2. The molecule has 0 fully saturated rings. The standard InChI is InChI=1S/C9H10BrCl2NO3S/c1-5(14)4-13-17(15,16)9-7(11)2-6(10)3-8(9)12/h2-3,5,13-14H,4H2,1H3/t5-/m1/s1. The van der Waals surface area contributed by atoms with Crippen LogP contribution >= 0.6 is 39.1 Å². The predicted octanol–water partition coefficient (Wildman–Crippen LogP) is 2.42. The van der Waals surface area contributed by atoms with Crippen LogP contribution in [0.25, 0.3) is 0 Å². The van der Waals surface area contributed by atoms with Crippen LogP contribution in [-0.4, -0.2) is 26.2 Å². The quantitative estimate of drug-likeness (QED) is 0.864. The van der Waals surface area contributed by atoms with E-state index in [9.17, 15) is 8.42 Å². The molecule has 17 heavy (non-hydrogen) atoms. The molecule has 0 saturated heterocycles. The molecule has 2 N–H and O–H groups in total. The summed E-state index contributed by atoms with van der Waals surface area (Å²) in [5.41, 5.74) is 0. The monoisotopic (exact) mass is 361 g/mol. The summed E-state index contributed by atoms with van der Waals surface area (Å²) in [5, 5.41) is 9.08. The topological polar surface area (TPSA) is 66.4 Å². The smallest absolute Gasteiger partial charge is 0.243 e. The molecule has 0 aliphatic carbocycles. The van der Waals surface area contributed by atoms with Gasteiger partial charge in [-0.2, -0.15) is 0 Å². The Hall–Kier alpha value is 0.150. The van der Waals surface area contributed by atoms with Crippen LogP contribution in [0.1, 0.15) is 6.92 Å². The van der Waals surface area contributed by atoms with Crippen molar-refractivity contribution >= 4 is 49.2 Å². The van der Waals surface area contributed by atoms with Crippen LogP contribution in [0.3, 0.4) is 0 Å². The molecule has 0 radical (unpaired) electrons. The van der Waals surface area contributed by atoms with Gasteiger partial charge in [-0.25, -0.2) is 13.1 Å². The zero-order valence-electron chi connectivity index (χ0n) is 8.75. The van der Waals surface area contributed by atoms with Crippen molar-refractivity contribution in [3.05, 3.63) is 26.7 Å². The Morgan fingerprint density at radius 3 is 2.29 bits per heavy atom. The Bertz CT molecular complexity index is 496. The molecule has 0 aromatic heterocycles. The molecule has 0 aliphatic heterocycles. The van der Waals surface area contributed by atoms with Crippen LogP contribution in [-0.2, 0) is 10.0 Å². The van der Waals surface area contributed by atoms with Crippen molar-refractivity contribution in [2.24, 2.45) is 0 Å². The number of sulfonamides is 1. The first-order valence-corrected chi connectivity index (χ1v) is 7.59. The number of aliphatic hydroxyl groups is 1. The van der Waals surface area contributed by atoms with E-state index in [1.165, 1.54) is 19.1 Å². The van der Waals surface area contributed by atoms with Gasteiger partial charge in [0, 0.05) is 11.0 Å². The van der Waals surface area contributed by atoms with E-state index in [-0.39, 0.29) is 21.5 Å². The lowest BCUT2D eigenvalue weighted by Gasteiger charge is -2.11. The fraction of sp³-hybridized carbons (Fsp3) is 0.333. The Morgan fingerprint density at radius 1 is 1.41 bits per heavy atom. The van der Waals surface area contributed by atoms with Crippen LogP contribution in [0.4, 0.5) is 0 Å². The van der Waals surface area contributed by atoms with Crippen molar-refractivity contribution in [3.63, 3.8) is 0 Å². The normalized spacial score (nSPS) is 13.7. The lowest BCUT2D eigenvalue weighted by Crippen LogP contribution is -2.31. The van der Waals surface area contributed by atoms with Crippen molar-refractivity contribution in [2.45, 2.75) is 17.9 Å². The molecule has 96 valence electrons. The van der Waals surface area contributed by atoms with Crippen LogP contribution in [0.15, 0.2) is 21.5 Å². The molecular formula is C9H10BrCl2NO3S. The summed E-state index contributed by atoms with van der Waals surface area (Å²) in [5.74, 6) is 0. The van der Waals surface area contributed by atoms with E-state index in [0.29, 0.717) is 4.47 Å². The van der Waals surface area contributed by atoms with Gasteiger partial charge in [-0.1, -0.05) is 39.1 Å². The van der Waals surface area contributed by atoms with Crippen LogP contribution in [0.2, 0.25) is 10.0 Å². The Balaban J connectivity index is 3.16. The first kappa shape index (κ1) is 15.2. The zero-order valence-corrected chi connectivity index (χ0v) is 12.7. The molecule has 0 spiro atoms. The van der Waals surface area contributed by atoms with Gasteiger partial charge in [0.2, 0.25) is 10.0 Å². The van der Waals surface area contributed by atoms with Gasteiger partial charge in [0.05, 0.1) is 16.1 Å². The number of rotatable bonds is 4. The first-order valence-electron chi connectivity index (χ1n) is 4.56. The van der Waals surface area contributed by atoms with E-state index in [4.69, 9.17) is 28.3 Å². The minimum absolute atomic E-state index is 0.0162. The molecule has 0 aliphatic rings. The molecule has 0 saturated carbocycles. The van der Waals surface area contributed by atoms with E-state index >= 15 is 0 Å². The summed E-state index contributed by atoms with van der Waals surface area (Å²) in [7, 11) is -3.83. The van der Waals surface area contributed by atoms with Crippen LogP contribution in [0.5, 0.6) is 0 Å². The summed E-state index contributed by atoms with van der Waals surface area (Å²) in [6.07, 6.45) is -0.794. The maximum Gasteiger partial charge on any atom is 0.243 e. The van der Waals surface area contributed by atoms with Crippen LogP contribution < -0.4 is 4.72 Å². The summed E-state index contributed by atoms with van der Waals surface area (Å²) in [6.45, 7) is 1.36. The minimum Gasteiger partial charge on any atom is -0.392 e. The first-order chi connectivity index (χ1) is 7.74. The third-order valence-electron chi connectivity index (χ3n) is 1.80. The van der Waals surface area contributed by atoms with Gasteiger partial charge in [0.25, 0.3) is 0 Å². The third kappa shape index (κ3) is 4.08. The number of benzene rings is 1. The summed E-state index contributed by atoms with van der Waals surface area (Å²) in [6, 6.07) is 2.87. The maximum atomic E-state index is 11.9. The molecular weight excluding hydrogens is 353 g/mol. The molecule has 0 amide bonds. The van der Waals surface area contributed by atoms with E-state index < -0.39 is 16.1 Å². The van der Waals surface area contributed by atoms with E-state index in [1.807, 2.05) is 0 Å². The van der Waals surface area contributed by atoms with Gasteiger partial charge in [0.1, 0.15) is 4.90 Å². The van der Waals surface area contributed by atoms with Crippen molar-refractivity contribution < 1.29 is 13.5 Å². The third-order valence-corrected chi connectivity index (χ3v) is 4.60. The predicted molar refractivity (Wildman–Crippen MR) is 71.0 cm³/mol. The number of aliphatic hydroxyl groups excluding tert-OH is 1. The summed E-state index contributed by atoms with van der Waals surface area (Å²) >= 11 is 14.8. The molecule has 1 atom stereocenters. The lowest BCUT2D eigenvalue weighted by molar-refractivity contribution is 0.198. The Labute approximate surface area is 118 Å². The number of halogens is 3. The van der Waals surface area contributed by atoms with Crippen molar-refractivity contribution in [3.8, 4) is 0 Å². The van der Waals surface area contributed by atoms with Gasteiger partial charge in [-0.3, -0.25) is 0 Å². The second-order valence-corrected chi connectivity index (χ2v) is 6.83. The molecule has 8 heteroatoms. The molecule has 1 aromatic carbocycles. The summed E-state index contributed by atoms with van der Waals surface area (Å²) < 4.78 is 26.6. The Kier molecular flexibility index (Phi) is 5.24. The Morgan fingerprint density at radius 2 is 1.88 bits per heavy atom. The highest BCUT2D eigenvalue weighted by Crippen LogP contribution is 2.32. The summed E-state index contributed by atoms with van der Waals surface area (Å²) in [4.78, 5) is -0.190. The highest BCUT2D eigenvalue weighted by Gasteiger charge is 2.22. The molecule has 1 aromatic rings. The molecule has 1 rings (SSSR count). The zero-order chi connectivity index (χ0) is 13.2. The molecule has 4 nitrogen and oxygen atoms in total. The van der Waals surface area contributed by atoms with E-state index in [0.717, 1.165) is 0 Å². The van der Waals surface area contributed by atoms with Gasteiger partial charge in [-0.15, -0.1) is 0 Å². The highest BCUT2D eigenvalue weighted by molar-refractivity contribution is 9.10. The fourth-order valence-corrected chi connectivity index (χ4v) is 4.14. The van der Waals surface area contributed by atoms with Gasteiger partial charge >= 0.3 is 0 Å². The van der Waals surface area contributed by atoms with Crippen molar-refractivity contribution in [1.82, 2.24) is 4.72 Å². The van der Waals surface area contributed by atoms with Crippen molar-refractivity contribution in [2.75, 3.05) is 6.54 Å². The number of hydrogen-bond acceptors (Lipinski definition) is 3. The molecule has 0 heterocycles. The fourth-order valence-electron chi connectivity index (χ4n) is 1.09. The highest BCUT2D eigenvalue weighted by atomic mass is 79.9. The average Bonchev–Trinajstić information content (AvgIpc) is 2.12. The van der Waals surface area contributed by atoms with Crippen LogP contribution in [0, 0.1) is 0 Å². The van der Waals surface area contributed by atoms with Gasteiger partial charge < -0.3 is 5.11 Å². The van der Waals surface area contributed by atoms with Crippen molar-refractivity contribution in [1.29, 1.82) is 0 Å². The SMILES string of the molecule is C[C@@H](O)CNS(=O)(=O)c1c(Cl)cc(Br)cc1Cl.